The van der Waals surface area contributed by atoms with Crippen molar-refractivity contribution in [3.63, 3.8) is 0 Å². The Morgan fingerprint density at radius 2 is 2.13 bits per heavy atom. The van der Waals surface area contributed by atoms with E-state index in [1.807, 2.05) is 20.8 Å². The molecule has 78 valence electrons. The lowest BCUT2D eigenvalue weighted by molar-refractivity contribution is 0.651. The van der Waals surface area contributed by atoms with Crippen molar-refractivity contribution in [3.8, 4) is 0 Å². The molecule has 15 heavy (non-hydrogen) atoms. The zero-order chi connectivity index (χ0) is 11.5. The first kappa shape index (κ1) is 12.1. The molecular weight excluding hydrogens is 207 g/mol. The zero-order valence-electron chi connectivity index (χ0n) is 9.10. The van der Waals surface area contributed by atoms with Gasteiger partial charge in [0.25, 0.3) is 0 Å². The van der Waals surface area contributed by atoms with Crippen LogP contribution < -0.4 is 5.46 Å². The molecule has 0 N–H and O–H groups in total. The summed E-state index contributed by atoms with van der Waals surface area (Å²) in [5.41, 5.74) is 1.33. The van der Waals surface area contributed by atoms with Gasteiger partial charge in [0.15, 0.2) is 0 Å². The van der Waals surface area contributed by atoms with Crippen LogP contribution >= 0.6 is 0 Å². The molecule has 0 saturated heterocycles. The molecule has 5 heteroatoms. The topological polar surface area (TPSA) is 42.3 Å². The van der Waals surface area contributed by atoms with Gasteiger partial charge in [-0.15, -0.1) is 0 Å². The second kappa shape index (κ2) is 4.70. The fourth-order valence-corrected chi connectivity index (χ4v) is 1.35. The summed E-state index contributed by atoms with van der Waals surface area (Å²) in [5, 5.41) is 0. The van der Waals surface area contributed by atoms with Gasteiger partial charge in [-0.1, -0.05) is 11.5 Å². The van der Waals surface area contributed by atoms with Crippen molar-refractivity contribution in [3.05, 3.63) is 24.0 Å². The molecule has 0 aromatic carbocycles. The Morgan fingerprint density at radius 3 is 2.67 bits per heavy atom. The van der Waals surface area contributed by atoms with Crippen LogP contribution in [0.25, 0.3) is 0 Å². The van der Waals surface area contributed by atoms with Crippen molar-refractivity contribution in [2.75, 3.05) is 0 Å². The molecule has 1 atom stereocenters. The maximum absolute atomic E-state index is 11.6. The van der Waals surface area contributed by atoms with E-state index >= 15 is 0 Å². The molecule has 1 rings (SSSR count). The molecule has 0 aliphatic rings. The zero-order valence-corrected chi connectivity index (χ0v) is 9.91. The highest BCUT2D eigenvalue weighted by atomic mass is 32.2. The van der Waals surface area contributed by atoms with E-state index in [-0.39, 0.29) is 4.75 Å². The van der Waals surface area contributed by atoms with Crippen LogP contribution in [0.1, 0.15) is 26.3 Å². The summed E-state index contributed by atoms with van der Waals surface area (Å²) in [6.45, 7) is 5.62. The third-order valence-electron chi connectivity index (χ3n) is 1.60. The molecule has 0 bridgehead atoms. The van der Waals surface area contributed by atoms with Crippen LogP contribution in [0.2, 0.25) is 0 Å². The minimum atomic E-state index is -1.24. The first-order valence-electron chi connectivity index (χ1n) is 4.56. The number of aromatic nitrogens is 1. The minimum absolute atomic E-state index is 0.343. The van der Waals surface area contributed by atoms with Crippen molar-refractivity contribution >= 4 is 30.5 Å². The highest BCUT2D eigenvalue weighted by Crippen LogP contribution is 2.11. The normalized spacial score (nSPS) is 14.3. The second-order valence-electron chi connectivity index (χ2n) is 4.15. The van der Waals surface area contributed by atoms with Crippen LogP contribution in [0, 0.1) is 0 Å². The Hall–Kier alpha value is -0.965. The third-order valence-corrected chi connectivity index (χ3v) is 2.95. The lowest BCUT2D eigenvalue weighted by atomic mass is 9.98. The maximum Gasteiger partial charge on any atom is 0.144 e. The smallest absolute Gasteiger partial charge is 0.144 e. The molecule has 2 radical (unpaired) electrons. The average Bonchev–Trinajstić information content (AvgIpc) is 2.12. The highest BCUT2D eigenvalue weighted by Gasteiger charge is 2.17. The molecule has 0 aliphatic carbocycles. The van der Waals surface area contributed by atoms with Gasteiger partial charge < -0.3 is 0 Å². The van der Waals surface area contributed by atoms with E-state index in [1.165, 1.54) is 6.21 Å². The van der Waals surface area contributed by atoms with E-state index in [0.717, 1.165) is 5.56 Å². The number of nitrogens with zero attached hydrogens (tertiary/aromatic N) is 2. The van der Waals surface area contributed by atoms with Crippen molar-refractivity contribution in [2.24, 2.45) is 4.40 Å². The van der Waals surface area contributed by atoms with E-state index in [0.29, 0.717) is 5.46 Å². The minimum Gasteiger partial charge on any atom is -0.265 e. The van der Waals surface area contributed by atoms with Crippen molar-refractivity contribution in [2.45, 2.75) is 25.5 Å². The fraction of sp³-hybridized carbons (Fsp3) is 0.400. The molecular formula is C10H13BN2OS. The van der Waals surface area contributed by atoms with Crippen LogP contribution in [0.5, 0.6) is 0 Å². The van der Waals surface area contributed by atoms with Gasteiger partial charge in [0.2, 0.25) is 0 Å². The summed E-state index contributed by atoms with van der Waals surface area (Å²) in [7, 11) is 4.31. The molecule has 1 aromatic rings. The molecule has 1 unspecified atom stereocenters. The highest BCUT2D eigenvalue weighted by molar-refractivity contribution is 7.85. The SMILES string of the molecule is [B]c1cncc(C=NS(=O)C(C)(C)C)c1. The van der Waals surface area contributed by atoms with Crippen molar-refractivity contribution in [1.82, 2.24) is 4.98 Å². The Morgan fingerprint density at radius 1 is 1.47 bits per heavy atom. The van der Waals surface area contributed by atoms with Crippen LogP contribution in [0.3, 0.4) is 0 Å². The summed E-state index contributed by atoms with van der Waals surface area (Å²) in [6.07, 6.45) is 4.71. The van der Waals surface area contributed by atoms with Gasteiger partial charge in [0.05, 0.1) is 4.75 Å². The molecule has 0 aliphatic heterocycles. The van der Waals surface area contributed by atoms with E-state index in [1.54, 1.807) is 18.5 Å². The molecule has 0 amide bonds. The first-order valence-corrected chi connectivity index (χ1v) is 5.67. The van der Waals surface area contributed by atoms with Crippen LogP contribution in [-0.2, 0) is 11.0 Å². The largest absolute Gasteiger partial charge is 0.265 e. The molecule has 1 heterocycles. The summed E-state index contributed by atoms with van der Waals surface area (Å²) in [6, 6.07) is 1.73. The summed E-state index contributed by atoms with van der Waals surface area (Å²) in [4.78, 5) is 3.91. The van der Waals surface area contributed by atoms with Crippen molar-refractivity contribution < 1.29 is 4.21 Å². The standard InChI is InChI=1S/C10H13BN2OS/c1-10(2,3)15(14)13-6-8-4-9(11)7-12-5-8/h4-7H,1-3H3. The number of hydrogen-bond donors (Lipinski definition) is 0. The first-order chi connectivity index (χ1) is 6.89. The van der Waals surface area contributed by atoms with Gasteiger partial charge in [0.1, 0.15) is 18.8 Å². The summed E-state index contributed by atoms with van der Waals surface area (Å²) >= 11 is 0. The van der Waals surface area contributed by atoms with Gasteiger partial charge in [-0.2, -0.15) is 4.40 Å². The fourth-order valence-electron chi connectivity index (χ4n) is 0.814. The van der Waals surface area contributed by atoms with Gasteiger partial charge >= 0.3 is 0 Å². The van der Waals surface area contributed by atoms with Gasteiger partial charge in [-0.05, 0) is 20.8 Å². The number of pyridine rings is 1. The van der Waals surface area contributed by atoms with E-state index in [4.69, 9.17) is 7.85 Å². The molecule has 0 saturated carbocycles. The molecule has 0 fully saturated rings. The van der Waals surface area contributed by atoms with Gasteiger partial charge in [-0.3, -0.25) is 4.98 Å². The molecule has 3 nitrogen and oxygen atoms in total. The quantitative estimate of drug-likeness (QED) is 0.545. The predicted octanol–water partition coefficient (Wildman–Crippen LogP) is 0.757. The molecule has 0 spiro atoms. The summed E-state index contributed by atoms with van der Waals surface area (Å²) < 4.78 is 15.2. The lowest BCUT2D eigenvalue weighted by Crippen LogP contribution is -2.19. The van der Waals surface area contributed by atoms with Gasteiger partial charge in [-0.25, -0.2) is 4.21 Å². The number of rotatable bonds is 2. The monoisotopic (exact) mass is 220 g/mol. The van der Waals surface area contributed by atoms with Gasteiger partial charge in [0, 0.05) is 24.2 Å². The van der Waals surface area contributed by atoms with Crippen LogP contribution in [0.15, 0.2) is 22.9 Å². The van der Waals surface area contributed by atoms with E-state index < -0.39 is 11.0 Å². The van der Waals surface area contributed by atoms with Crippen molar-refractivity contribution in [1.29, 1.82) is 0 Å². The average molecular weight is 220 g/mol. The Balaban J connectivity index is 2.79. The Bertz CT molecular complexity index is 399. The van der Waals surface area contributed by atoms with E-state index in [9.17, 15) is 4.21 Å². The number of hydrogen-bond acceptors (Lipinski definition) is 2. The molecule has 1 aromatic heterocycles. The van der Waals surface area contributed by atoms with E-state index in [2.05, 4.69) is 9.38 Å². The third kappa shape index (κ3) is 3.95. The Kier molecular flexibility index (Phi) is 3.80. The maximum atomic E-state index is 11.6. The Labute approximate surface area is 94.0 Å². The predicted molar refractivity (Wildman–Crippen MR) is 65.1 cm³/mol. The second-order valence-corrected chi connectivity index (χ2v) is 6.08. The van der Waals surface area contributed by atoms with Crippen LogP contribution in [-0.4, -0.2) is 28.0 Å². The van der Waals surface area contributed by atoms with Crippen LogP contribution in [0.4, 0.5) is 0 Å². The lowest BCUT2D eigenvalue weighted by Gasteiger charge is -2.12. The summed E-state index contributed by atoms with van der Waals surface area (Å²) in [5.74, 6) is 0.